The summed E-state index contributed by atoms with van der Waals surface area (Å²) in [6.45, 7) is 5.41. The van der Waals surface area contributed by atoms with E-state index in [9.17, 15) is 4.39 Å². The Morgan fingerprint density at radius 1 is 1.12 bits per heavy atom. The second-order valence-electron chi connectivity index (χ2n) is 6.79. The number of nitrogens with zero attached hydrogens (tertiary/aromatic N) is 6. The number of aromatic nitrogens is 4. The van der Waals surface area contributed by atoms with Crippen molar-refractivity contribution in [1.82, 2.24) is 30.0 Å². The average Bonchev–Trinajstić information content (AvgIpc) is 3.36. The highest BCUT2D eigenvalue weighted by molar-refractivity contribution is 5.29. The Morgan fingerprint density at radius 2 is 1.84 bits per heavy atom. The molecule has 2 aromatic rings. The molecule has 1 aromatic heterocycles. The van der Waals surface area contributed by atoms with E-state index < -0.39 is 0 Å². The van der Waals surface area contributed by atoms with Crippen LogP contribution in [-0.2, 0) is 13.1 Å². The molecule has 1 aliphatic carbocycles. The lowest BCUT2D eigenvalue weighted by atomic mass is 10.2. The van der Waals surface area contributed by atoms with Crippen molar-refractivity contribution in [2.24, 2.45) is 0 Å². The van der Waals surface area contributed by atoms with Crippen LogP contribution in [0, 0.1) is 5.82 Å². The Hall–Kier alpha value is -2.06. The molecule has 1 saturated carbocycles. The van der Waals surface area contributed by atoms with Crippen molar-refractivity contribution in [3.8, 4) is 5.75 Å². The average molecular weight is 346 g/mol. The van der Waals surface area contributed by atoms with Crippen LogP contribution in [0.1, 0.15) is 30.3 Å². The maximum absolute atomic E-state index is 13.8. The van der Waals surface area contributed by atoms with Gasteiger partial charge in [-0.3, -0.25) is 9.80 Å². The first-order chi connectivity index (χ1) is 12.2. The van der Waals surface area contributed by atoms with Crippen molar-refractivity contribution < 1.29 is 9.13 Å². The summed E-state index contributed by atoms with van der Waals surface area (Å²) in [7, 11) is 1.48. The highest BCUT2D eigenvalue weighted by atomic mass is 19.1. The van der Waals surface area contributed by atoms with E-state index in [1.165, 1.54) is 20.0 Å². The summed E-state index contributed by atoms with van der Waals surface area (Å²) in [5.41, 5.74) is 0.976. The zero-order valence-electron chi connectivity index (χ0n) is 14.4. The Kier molecular flexibility index (Phi) is 4.63. The first kappa shape index (κ1) is 16.4. The molecule has 1 aromatic carbocycles. The second kappa shape index (κ2) is 7.05. The summed E-state index contributed by atoms with van der Waals surface area (Å²) in [5.74, 6) is 0.959. The lowest BCUT2D eigenvalue weighted by Crippen LogP contribution is -2.45. The smallest absolute Gasteiger partial charge is 0.165 e. The Labute approximate surface area is 146 Å². The Morgan fingerprint density at radius 3 is 2.48 bits per heavy atom. The molecule has 0 spiro atoms. The molecule has 1 saturated heterocycles. The molecule has 134 valence electrons. The van der Waals surface area contributed by atoms with Crippen LogP contribution in [0.2, 0.25) is 0 Å². The lowest BCUT2D eigenvalue weighted by molar-refractivity contribution is 0.118. The quantitative estimate of drug-likeness (QED) is 0.790. The lowest BCUT2D eigenvalue weighted by Gasteiger charge is -2.34. The van der Waals surface area contributed by atoms with Crippen LogP contribution in [-0.4, -0.2) is 63.3 Å². The van der Waals surface area contributed by atoms with Crippen LogP contribution in [0.5, 0.6) is 5.75 Å². The summed E-state index contributed by atoms with van der Waals surface area (Å²) < 4.78 is 20.8. The van der Waals surface area contributed by atoms with Crippen LogP contribution in [0.25, 0.3) is 0 Å². The third-order valence-corrected chi connectivity index (χ3v) is 4.91. The molecule has 2 heterocycles. The van der Waals surface area contributed by atoms with Crippen LogP contribution in [0.15, 0.2) is 18.2 Å². The van der Waals surface area contributed by atoms with E-state index in [1.807, 2.05) is 10.7 Å². The predicted octanol–water partition coefficient (Wildman–Crippen LogP) is 1.47. The van der Waals surface area contributed by atoms with Crippen molar-refractivity contribution in [1.29, 1.82) is 0 Å². The van der Waals surface area contributed by atoms with Gasteiger partial charge in [-0.1, -0.05) is 6.07 Å². The summed E-state index contributed by atoms with van der Waals surface area (Å²) in [6, 6.07) is 5.70. The summed E-state index contributed by atoms with van der Waals surface area (Å²) >= 11 is 0. The predicted molar refractivity (Wildman–Crippen MR) is 89.6 cm³/mol. The van der Waals surface area contributed by atoms with Gasteiger partial charge in [0, 0.05) is 32.7 Å². The SMILES string of the molecule is COc1ccc(CN2CCN(Cc3nnnn3C3CC3)CC2)cc1F. The number of hydrogen-bond donors (Lipinski definition) is 0. The van der Waals surface area contributed by atoms with Gasteiger partial charge in [0.2, 0.25) is 0 Å². The van der Waals surface area contributed by atoms with Crippen molar-refractivity contribution >= 4 is 0 Å². The Balaban J connectivity index is 1.29. The molecular formula is C17H23FN6O. The van der Waals surface area contributed by atoms with Gasteiger partial charge in [0.25, 0.3) is 0 Å². The highest BCUT2D eigenvalue weighted by Gasteiger charge is 2.28. The molecule has 0 radical (unpaired) electrons. The molecule has 0 atom stereocenters. The standard InChI is InChI=1S/C17H23FN6O/c1-25-16-5-2-13(10-15(16)18)11-22-6-8-23(9-7-22)12-17-19-20-21-24(17)14-3-4-14/h2,5,10,14H,3-4,6-9,11-12H2,1H3. The monoisotopic (exact) mass is 346 g/mol. The van der Waals surface area contributed by atoms with Crippen LogP contribution < -0.4 is 4.74 Å². The van der Waals surface area contributed by atoms with E-state index in [0.29, 0.717) is 11.8 Å². The number of benzene rings is 1. The number of hydrogen-bond acceptors (Lipinski definition) is 6. The van der Waals surface area contributed by atoms with Crippen LogP contribution in [0.3, 0.4) is 0 Å². The van der Waals surface area contributed by atoms with Gasteiger partial charge in [-0.2, -0.15) is 0 Å². The van der Waals surface area contributed by atoms with E-state index in [0.717, 1.165) is 50.7 Å². The summed E-state index contributed by atoms with van der Waals surface area (Å²) in [5, 5.41) is 12.1. The molecule has 7 nitrogen and oxygen atoms in total. The van der Waals surface area contributed by atoms with Gasteiger partial charge in [0.1, 0.15) is 0 Å². The molecule has 8 heteroatoms. The zero-order chi connectivity index (χ0) is 17.2. The molecular weight excluding hydrogens is 323 g/mol. The molecule has 2 fully saturated rings. The summed E-state index contributed by atoms with van der Waals surface area (Å²) in [6.07, 6.45) is 2.37. The number of rotatable bonds is 6. The molecule has 25 heavy (non-hydrogen) atoms. The fourth-order valence-corrected chi connectivity index (χ4v) is 3.29. The van der Waals surface area contributed by atoms with Gasteiger partial charge < -0.3 is 4.74 Å². The van der Waals surface area contributed by atoms with E-state index in [4.69, 9.17) is 4.74 Å². The first-order valence-electron chi connectivity index (χ1n) is 8.77. The van der Waals surface area contributed by atoms with Gasteiger partial charge in [0.05, 0.1) is 19.7 Å². The van der Waals surface area contributed by atoms with Gasteiger partial charge in [-0.15, -0.1) is 5.10 Å². The van der Waals surface area contributed by atoms with Crippen LogP contribution in [0.4, 0.5) is 4.39 Å². The van der Waals surface area contributed by atoms with E-state index >= 15 is 0 Å². The van der Waals surface area contributed by atoms with Crippen molar-refractivity contribution in [3.05, 3.63) is 35.4 Å². The van der Waals surface area contributed by atoms with Gasteiger partial charge in [-0.05, 0) is 41.0 Å². The largest absolute Gasteiger partial charge is 0.494 e. The number of piperazine rings is 1. The van der Waals surface area contributed by atoms with E-state index in [1.54, 1.807) is 12.1 Å². The van der Waals surface area contributed by atoms with E-state index in [2.05, 4.69) is 25.3 Å². The van der Waals surface area contributed by atoms with Gasteiger partial charge in [0.15, 0.2) is 17.4 Å². The van der Waals surface area contributed by atoms with E-state index in [-0.39, 0.29) is 5.82 Å². The van der Waals surface area contributed by atoms with Crippen molar-refractivity contribution in [3.63, 3.8) is 0 Å². The zero-order valence-corrected chi connectivity index (χ0v) is 14.4. The minimum atomic E-state index is -0.300. The molecule has 0 bridgehead atoms. The molecule has 0 unspecified atom stereocenters. The molecule has 4 rings (SSSR count). The molecule has 1 aliphatic heterocycles. The Bertz CT molecular complexity index is 724. The second-order valence-corrected chi connectivity index (χ2v) is 6.79. The number of ether oxygens (including phenoxy) is 1. The van der Waals surface area contributed by atoms with Crippen LogP contribution >= 0.6 is 0 Å². The van der Waals surface area contributed by atoms with Crippen molar-refractivity contribution in [2.45, 2.75) is 32.0 Å². The highest BCUT2D eigenvalue weighted by Crippen LogP contribution is 2.34. The maximum Gasteiger partial charge on any atom is 0.165 e. The number of methoxy groups -OCH3 is 1. The molecule has 0 N–H and O–H groups in total. The van der Waals surface area contributed by atoms with Gasteiger partial charge >= 0.3 is 0 Å². The summed E-state index contributed by atoms with van der Waals surface area (Å²) in [4.78, 5) is 4.73. The fraction of sp³-hybridized carbons (Fsp3) is 0.588. The third kappa shape index (κ3) is 3.80. The maximum atomic E-state index is 13.8. The first-order valence-corrected chi connectivity index (χ1v) is 8.77. The van der Waals surface area contributed by atoms with Gasteiger partial charge in [-0.25, -0.2) is 9.07 Å². The number of tetrazole rings is 1. The third-order valence-electron chi connectivity index (χ3n) is 4.91. The molecule has 0 amide bonds. The van der Waals surface area contributed by atoms with Crippen molar-refractivity contribution in [2.75, 3.05) is 33.3 Å². The minimum Gasteiger partial charge on any atom is -0.494 e. The number of halogens is 1. The normalized spacial score (nSPS) is 19.3. The topological polar surface area (TPSA) is 59.3 Å². The minimum absolute atomic E-state index is 0.293. The fourth-order valence-electron chi connectivity index (χ4n) is 3.29. The molecule has 2 aliphatic rings.